The molecule has 0 unspecified atom stereocenters. The molecule has 1 amide bonds. The van der Waals surface area contributed by atoms with Gasteiger partial charge in [0.05, 0.1) is 17.7 Å². The summed E-state index contributed by atoms with van der Waals surface area (Å²) in [5.41, 5.74) is 1.04. The normalized spacial score (nSPS) is 10.2. The van der Waals surface area contributed by atoms with E-state index < -0.39 is 5.97 Å². The summed E-state index contributed by atoms with van der Waals surface area (Å²) in [5.74, 6) is -0.535. The smallest absolute Gasteiger partial charge is 0.305 e. The van der Waals surface area contributed by atoms with Gasteiger partial charge in [-0.05, 0) is 20.8 Å². The zero-order chi connectivity index (χ0) is 13.7. The molecule has 1 heterocycles. The highest BCUT2D eigenvalue weighted by atomic mass is 16.4. The number of hydrogen-bond acceptors (Lipinski definition) is 4. The highest BCUT2D eigenvalue weighted by Crippen LogP contribution is 2.08. The van der Waals surface area contributed by atoms with Crippen molar-refractivity contribution in [3.63, 3.8) is 0 Å². The molecule has 0 saturated heterocycles. The van der Waals surface area contributed by atoms with Crippen LogP contribution in [0.5, 0.6) is 0 Å². The number of carboxylic acid groups (broad SMARTS) is 1. The van der Waals surface area contributed by atoms with Crippen LogP contribution in [-0.2, 0) is 4.79 Å². The zero-order valence-electron chi connectivity index (χ0n) is 10.8. The van der Waals surface area contributed by atoms with E-state index in [2.05, 4.69) is 9.97 Å². The number of carbonyl (C=O) groups excluding carboxylic acids is 1. The first-order valence-electron chi connectivity index (χ1n) is 5.77. The van der Waals surface area contributed by atoms with Gasteiger partial charge in [0, 0.05) is 19.3 Å². The molecular formula is C12H17N3O3. The summed E-state index contributed by atoms with van der Waals surface area (Å²) in [6.07, 6.45) is 1.43. The molecule has 0 atom stereocenters. The zero-order valence-corrected chi connectivity index (χ0v) is 10.8. The third-order valence-electron chi connectivity index (χ3n) is 2.59. The summed E-state index contributed by atoms with van der Waals surface area (Å²) in [7, 11) is 0. The standard InChI is InChI=1S/C12H17N3O3/c1-4-15(6-5-11(16)17)12(18)10-7-13-9(3)14-8(10)2/h7H,4-6H2,1-3H3,(H,16,17). The van der Waals surface area contributed by atoms with Crippen molar-refractivity contribution < 1.29 is 14.7 Å². The fourth-order valence-electron chi connectivity index (χ4n) is 1.60. The Morgan fingerprint density at radius 2 is 2.06 bits per heavy atom. The van der Waals surface area contributed by atoms with Crippen LogP contribution in [0.1, 0.15) is 35.2 Å². The van der Waals surface area contributed by atoms with Crippen molar-refractivity contribution in [3.8, 4) is 0 Å². The average molecular weight is 251 g/mol. The van der Waals surface area contributed by atoms with E-state index in [-0.39, 0.29) is 18.9 Å². The molecule has 0 aliphatic carbocycles. The van der Waals surface area contributed by atoms with Crippen molar-refractivity contribution in [3.05, 3.63) is 23.3 Å². The van der Waals surface area contributed by atoms with Gasteiger partial charge in [0.25, 0.3) is 5.91 Å². The molecule has 1 aromatic heterocycles. The lowest BCUT2D eigenvalue weighted by Crippen LogP contribution is -2.33. The Morgan fingerprint density at radius 1 is 1.39 bits per heavy atom. The quantitative estimate of drug-likeness (QED) is 0.845. The van der Waals surface area contributed by atoms with Crippen LogP contribution < -0.4 is 0 Å². The van der Waals surface area contributed by atoms with Crippen molar-refractivity contribution >= 4 is 11.9 Å². The fourth-order valence-corrected chi connectivity index (χ4v) is 1.60. The number of carboxylic acids is 1. The molecule has 0 fully saturated rings. The predicted octanol–water partition coefficient (Wildman–Crippen LogP) is 1.03. The van der Waals surface area contributed by atoms with Crippen molar-refractivity contribution in [2.45, 2.75) is 27.2 Å². The number of rotatable bonds is 5. The minimum absolute atomic E-state index is 0.0641. The van der Waals surface area contributed by atoms with Gasteiger partial charge in [0.1, 0.15) is 5.82 Å². The van der Waals surface area contributed by atoms with Crippen LogP contribution in [0.15, 0.2) is 6.20 Å². The van der Waals surface area contributed by atoms with Gasteiger partial charge in [0.15, 0.2) is 0 Å². The molecule has 1 rings (SSSR count). The molecule has 6 nitrogen and oxygen atoms in total. The molecule has 0 bridgehead atoms. The van der Waals surface area contributed by atoms with Crippen molar-refractivity contribution in [2.75, 3.05) is 13.1 Å². The summed E-state index contributed by atoms with van der Waals surface area (Å²) >= 11 is 0. The summed E-state index contributed by atoms with van der Waals surface area (Å²) in [6, 6.07) is 0. The Balaban J connectivity index is 2.86. The molecular weight excluding hydrogens is 234 g/mol. The van der Waals surface area contributed by atoms with Crippen molar-refractivity contribution in [1.82, 2.24) is 14.9 Å². The van der Waals surface area contributed by atoms with Gasteiger partial charge >= 0.3 is 5.97 Å². The topological polar surface area (TPSA) is 83.4 Å². The third-order valence-corrected chi connectivity index (χ3v) is 2.59. The van der Waals surface area contributed by atoms with Crippen molar-refractivity contribution in [2.24, 2.45) is 0 Å². The lowest BCUT2D eigenvalue weighted by molar-refractivity contribution is -0.137. The van der Waals surface area contributed by atoms with E-state index in [4.69, 9.17) is 5.11 Å². The summed E-state index contributed by atoms with van der Waals surface area (Å²) in [6.45, 7) is 5.96. The maximum Gasteiger partial charge on any atom is 0.305 e. The Hall–Kier alpha value is -1.98. The van der Waals surface area contributed by atoms with Gasteiger partial charge in [-0.25, -0.2) is 9.97 Å². The molecule has 0 aliphatic heterocycles. The van der Waals surface area contributed by atoms with E-state index >= 15 is 0 Å². The summed E-state index contributed by atoms with van der Waals surface area (Å²) in [5, 5.41) is 8.64. The minimum Gasteiger partial charge on any atom is -0.481 e. The molecule has 0 saturated carbocycles. The highest BCUT2D eigenvalue weighted by Gasteiger charge is 2.18. The predicted molar refractivity (Wildman–Crippen MR) is 65.3 cm³/mol. The molecule has 0 radical (unpaired) electrons. The number of nitrogens with zero attached hydrogens (tertiary/aromatic N) is 3. The molecule has 0 spiro atoms. The summed E-state index contributed by atoms with van der Waals surface area (Å²) < 4.78 is 0. The fraction of sp³-hybridized carbons (Fsp3) is 0.500. The minimum atomic E-state index is -0.918. The second-order valence-corrected chi connectivity index (χ2v) is 3.94. The molecule has 0 aromatic carbocycles. The molecule has 18 heavy (non-hydrogen) atoms. The number of hydrogen-bond donors (Lipinski definition) is 1. The maximum absolute atomic E-state index is 12.2. The largest absolute Gasteiger partial charge is 0.481 e. The first-order chi connectivity index (χ1) is 8.45. The van der Waals surface area contributed by atoms with E-state index in [1.165, 1.54) is 11.1 Å². The van der Waals surface area contributed by atoms with Crippen LogP contribution in [0.2, 0.25) is 0 Å². The second kappa shape index (κ2) is 6.09. The van der Waals surface area contributed by atoms with Crippen LogP contribution in [0, 0.1) is 13.8 Å². The van der Waals surface area contributed by atoms with Crippen LogP contribution in [0.4, 0.5) is 0 Å². The first kappa shape index (κ1) is 14.1. The van der Waals surface area contributed by atoms with Gasteiger partial charge in [-0.2, -0.15) is 0 Å². The monoisotopic (exact) mass is 251 g/mol. The summed E-state index contributed by atoms with van der Waals surface area (Å²) in [4.78, 5) is 32.3. The average Bonchev–Trinajstić information content (AvgIpc) is 2.29. The molecule has 98 valence electrons. The number of aryl methyl sites for hydroxylation is 2. The molecule has 6 heteroatoms. The molecule has 0 aliphatic rings. The highest BCUT2D eigenvalue weighted by molar-refractivity contribution is 5.95. The Bertz CT molecular complexity index is 460. The van der Waals surface area contributed by atoms with Crippen LogP contribution in [0.25, 0.3) is 0 Å². The van der Waals surface area contributed by atoms with E-state index in [1.807, 2.05) is 6.92 Å². The second-order valence-electron chi connectivity index (χ2n) is 3.94. The first-order valence-corrected chi connectivity index (χ1v) is 5.77. The lowest BCUT2D eigenvalue weighted by Gasteiger charge is -2.20. The van der Waals surface area contributed by atoms with E-state index in [1.54, 1.807) is 13.8 Å². The van der Waals surface area contributed by atoms with Crippen LogP contribution >= 0.6 is 0 Å². The molecule has 1 aromatic rings. The third kappa shape index (κ3) is 3.51. The Kier molecular flexibility index (Phi) is 4.76. The van der Waals surface area contributed by atoms with Crippen LogP contribution in [0.3, 0.4) is 0 Å². The van der Waals surface area contributed by atoms with E-state index in [0.717, 1.165) is 0 Å². The number of aromatic nitrogens is 2. The number of carbonyl (C=O) groups is 2. The van der Waals surface area contributed by atoms with Gasteiger partial charge in [0.2, 0.25) is 0 Å². The van der Waals surface area contributed by atoms with Gasteiger partial charge in [-0.3, -0.25) is 9.59 Å². The Labute approximate surface area is 106 Å². The van der Waals surface area contributed by atoms with Crippen LogP contribution in [-0.4, -0.2) is 44.9 Å². The van der Waals surface area contributed by atoms with E-state index in [0.29, 0.717) is 23.6 Å². The van der Waals surface area contributed by atoms with Gasteiger partial charge in [-0.15, -0.1) is 0 Å². The number of amides is 1. The number of aliphatic carboxylic acids is 1. The van der Waals surface area contributed by atoms with Gasteiger partial charge in [-0.1, -0.05) is 0 Å². The maximum atomic E-state index is 12.2. The Morgan fingerprint density at radius 3 is 2.56 bits per heavy atom. The SMILES string of the molecule is CCN(CCC(=O)O)C(=O)c1cnc(C)nc1C. The lowest BCUT2D eigenvalue weighted by atomic mass is 10.2. The van der Waals surface area contributed by atoms with Gasteiger partial charge < -0.3 is 10.0 Å². The van der Waals surface area contributed by atoms with Crippen molar-refractivity contribution in [1.29, 1.82) is 0 Å². The van der Waals surface area contributed by atoms with E-state index in [9.17, 15) is 9.59 Å². The molecule has 1 N–H and O–H groups in total.